The third-order valence-electron chi connectivity index (χ3n) is 4.34. The minimum atomic E-state index is 0.0306. The topological polar surface area (TPSA) is 26.3 Å². The van der Waals surface area contributed by atoms with Crippen molar-refractivity contribution in [3.63, 3.8) is 0 Å². The lowest BCUT2D eigenvalue weighted by molar-refractivity contribution is -0.149. The van der Waals surface area contributed by atoms with Crippen LogP contribution in [-0.2, 0) is 16.0 Å². The maximum Gasteiger partial charge on any atom is 0.308 e. The number of ether oxygens (including phenoxy) is 1. The highest BCUT2D eigenvalue weighted by atomic mass is 16.5. The maximum absolute atomic E-state index is 12.3. The molecule has 23 heavy (non-hydrogen) atoms. The van der Waals surface area contributed by atoms with Crippen molar-refractivity contribution in [2.75, 3.05) is 6.61 Å². The molecule has 0 N–H and O–H groups in total. The van der Waals surface area contributed by atoms with Gasteiger partial charge in [0.1, 0.15) is 0 Å². The van der Waals surface area contributed by atoms with Crippen molar-refractivity contribution in [1.82, 2.24) is 0 Å². The summed E-state index contributed by atoms with van der Waals surface area (Å²) in [6, 6.07) is 10.4. The molecule has 0 bridgehead atoms. The van der Waals surface area contributed by atoms with Crippen LogP contribution in [-0.4, -0.2) is 12.6 Å². The Morgan fingerprint density at radius 3 is 2.30 bits per heavy atom. The summed E-state index contributed by atoms with van der Waals surface area (Å²) in [5, 5.41) is 0. The molecule has 0 aliphatic carbocycles. The Morgan fingerprint density at radius 2 is 1.61 bits per heavy atom. The third kappa shape index (κ3) is 9.43. The van der Waals surface area contributed by atoms with Gasteiger partial charge in [0, 0.05) is 0 Å². The summed E-state index contributed by atoms with van der Waals surface area (Å²) < 4.78 is 5.54. The van der Waals surface area contributed by atoms with Gasteiger partial charge in [0.25, 0.3) is 0 Å². The number of aryl methyl sites for hydroxylation is 1. The molecular formula is C21H34O2. The van der Waals surface area contributed by atoms with Crippen LogP contribution in [0.4, 0.5) is 0 Å². The highest BCUT2D eigenvalue weighted by molar-refractivity contribution is 5.72. The number of benzene rings is 1. The van der Waals surface area contributed by atoms with Crippen molar-refractivity contribution in [1.29, 1.82) is 0 Å². The number of rotatable bonds is 13. The van der Waals surface area contributed by atoms with Gasteiger partial charge in [0.2, 0.25) is 0 Å². The lowest BCUT2D eigenvalue weighted by atomic mass is 9.95. The molecule has 0 radical (unpaired) electrons. The Balaban J connectivity index is 2.25. The van der Waals surface area contributed by atoms with E-state index >= 15 is 0 Å². The second kappa shape index (κ2) is 13.2. The van der Waals surface area contributed by atoms with E-state index in [9.17, 15) is 4.79 Å². The summed E-state index contributed by atoms with van der Waals surface area (Å²) in [5.41, 5.74) is 1.31. The van der Waals surface area contributed by atoms with E-state index in [-0.39, 0.29) is 11.9 Å². The van der Waals surface area contributed by atoms with Crippen molar-refractivity contribution in [2.24, 2.45) is 5.92 Å². The van der Waals surface area contributed by atoms with Crippen LogP contribution in [0.25, 0.3) is 0 Å². The van der Waals surface area contributed by atoms with Crippen molar-refractivity contribution in [3.8, 4) is 0 Å². The van der Waals surface area contributed by atoms with Crippen molar-refractivity contribution in [2.45, 2.75) is 78.1 Å². The second-order valence-corrected chi connectivity index (χ2v) is 6.45. The minimum Gasteiger partial charge on any atom is -0.465 e. The van der Waals surface area contributed by atoms with E-state index in [1.807, 2.05) is 6.07 Å². The van der Waals surface area contributed by atoms with Crippen LogP contribution in [0.5, 0.6) is 0 Å². The van der Waals surface area contributed by atoms with Gasteiger partial charge in [0.05, 0.1) is 12.5 Å². The smallest absolute Gasteiger partial charge is 0.308 e. The molecule has 2 nitrogen and oxygen atoms in total. The quantitative estimate of drug-likeness (QED) is 0.332. The van der Waals surface area contributed by atoms with Gasteiger partial charge in [-0.25, -0.2) is 0 Å². The summed E-state index contributed by atoms with van der Waals surface area (Å²) in [7, 11) is 0. The van der Waals surface area contributed by atoms with Gasteiger partial charge in [-0.15, -0.1) is 0 Å². The monoisotopic (exact) mass is 318 g/mol. The Labute approximate surface area is 142 Å². The number of esters is 1. The number of hydrogen-bond acceptors (Lipinski definition) is 2. The molecule has 0 aliphatic rings. The molecule has 0 heterocycles. The molecule has 1 aromatic rings. The Morgan fingerprint density at radius 1 is 0.913 bits per heavy atom. The molecule has 2 heteroatoms. The molecule has 0 spiro atoms. The Hall–Kier alpha value is -1.31. The van der Waals surface area contributed by atoms with Gasteiger partial charge < -0.3 is 4.74 Å². The second-order valence-electron chi connectivity index (χ2n) is 6.45. The molecule has 1 aromatic carbocycles. The molecule has 130 valence electrons. The van der Waals surface area contributed by atoms with E-state index in [0.717, 1.165) is 44.9 Å². The summed E-state index contributed by atoms with van der Waals surface area (Å²) in [6.07, 6.45) is 11.0. The molecule has 1 atom stereocenters. The zero-order valence-electron chi connectivity index (χ0n) is 15.1. The van der Waals surface area contributed by atoms with Gasteiger partial charge in [0.15, 0.2) is 0 Å². The molecule has 0 saturated heterocycles. The van der Waals surface area contributed by atoms with E-state index in [1.165, 1.54) is 24.8 Å². The molecule has 0 aliphatic heterocycles. The summed E-state index contributed by atoms with van der Waals surface area (Å²) in [6.45, 7) is 4.94. The van der Waals surface area contributed by atoms with Crippen LogP contribution in [0.3, 0.4) is 0 Å². The van der Waals surface area contributed by atoms with Gasteiger partial charge in [-0.05, 0) is 31.2 Å². The summed E-state index contributed by atoms with van der Waals surface area (Å²) in [5.74, 6) is 0.145. The van der Waals surface area contributed by atoms with Gasteiger partial charge in [-0.1, -0.05) is 82.7 Å². The van der Waals surface area contributed by atoms with E-state index < -0.39 is 0 Å². The van der Waals surface area contributed by atoms with Crippen LogP contribution >= 0.6 is 0 Å². The van der Waals surface area contributed by atoms with Crippen molar-refractivity contribution in [3.05, 3.63) is 35.9 Å². The maximum atomic E-state index is 12.3. The molecule has 1 rings (SSSR count). The third-order valence-corrected chi connectivity index (χ3v) is 4.34. The molecule has 0 aromatic heterocycles. The van der Waals surface area contributed by atoms with E-state index in [0.29, 0.717) is 6.61 Å². The number of hydrogen-bond donors (Lipinski definition) is 0. The van der Waals surface area contributed by atoms with Crippen LogP contribution in [0.15, 0.2) is 30.3 Å². The molecule has 0 saturated carbocycles. The SMILES string of the molecule is CCCCCCC(CCCC)C(=O)OCCCc1ccccc1. The zero-order chi connectivity index (χ0) is 16.8. The molecule has 0 fully saturated rings. The standard InChI is InChI=1S/C21H34O2/c1-3-5-7-11-17-20(16-6-4-2)21(22)23-18-12-15-19-13-9-8-10-14-19/h8-10,13-14,20H,3-7,11-12,15-18H2,1-2H3. The molecular weight excluding hydrogens is 284 g/mol. The van der Waals surface area contributed by atoms with Gasteiger partial charge >= 0.3 is 5.97 Å². The predicted octanol–water partition coefficient (Wildman–Crippen LogP) is 5.94. The van der Waals surface area contributed by atoms with Crippen LogP contribution in [0.2, 0.25) is 0 Å². The first-order valence-corrected chi connectivity index (χ1v) is 9.48. The lowest BCUT2D eigenvalue weighted by Crippen LogP contribution is -2.19. The van der Waals surface area contributed by atoms with Crippen LogP contribution in [0.1, 0.15) is 77.2 Å². The fraction of sp³-hybridized carbons (Fsp3) is 0.667. The fourth-order valence-corrected chi connectivity index (χ4v) is 2.86. The molecule has 0 amide bonds. The highest BCUT2D eigenvalue weighted by Crippen LogP contribution is 2.19. The fourth-order valence-electron chi connectivity index (χ4n) is 2.86. The predicted molar refractivity (Wildman–Crippen MR) is 97.5 cm³/mol. The highest BCUT2D eigenvalue weighted by Gasteiger charge is 2.18. The van der Waals surface area contributed by atoms with Gasteiger partial charge in [-0.3, -0.25) is 4.79 Å². The largest absolute Gasteiger partial charge is 0.465 e. The summed E-state index contributed by atoms with van der Waals surface area (Å²) >= 11 is 0. The van der Waals surface area contributed by atoms with Crippen LogP contribution < -0.4 is 0 Å². The Kier molecular flexibility index (Phi) is 11.3. The lowest BCUT2D eigenvalue weighted by Gasteiger charge is -2.15. The van der Waals surface area contributed by atoms with Gasteiger partial charge in [-0.2, -0.15) is 0 Å². The average molecular weight is 319 g/mol. The first kappa shape index (κ1) is 19.7. The number of unbranched alkanes of at least 4 members (excludes halogenated alkanes) is 4. The number of carbonyl (C=O) groups is 1. The first-order valence-electron chi connectivity index (χ1n) is 9.48. The van der Waals surface area contributed by atoms with Crippen molar-refractivity contribution >= 4 is 5.97 Å². The number of carbonyl (C=O) groups excluding carboxylic acids is 1. The van der Waals surface area contributed by atoms with Crippen molar-refractivity contribution < 1.29 is 9.53 Å². The van der Waals surface area contributed by atoms with E-state index in [1.54, 1.807) is 0 Å². The average Bonchev–Trinajstić information content (AvgIpc) is 2.59. The Bertz CT molecular complexity index is 400. The van der Waals surface area contributed by atoms with Crippen LogP contribution in [0, 0.1) is 5.92 Å². The molecule has 1 unspecified atom stereocenters. The van der Waals surface area contributed by atoms with E-state index in [2.05, 4.69) is 38.1 Å². The zero-order valence-corrected chi connectivity index (χ0v) is 15.1. The summed E-state index contributed by atoms with van der Waals surface area (Å²) in [4.78, 5) is 12.3. The normalized spacial score (nSPS) is 12.1. The van der Waals surface area contributed by atoms with E-state index in [4.69, 9.17) is 4.74 Å². The first-order chi connectivity index (χ1) is 11.3. The minimum absolute atomic E-state index is 0.0306.